The summed E-state index contributed by atoms with van der Waals surface area (Å²) in [4.78, 5) is 37.3. The van der Waals surface area contributed by atoms with Crippen LogP contribution in [-0.4, -0.2) is 46.9 Å². The molecule has 7 nitrogen and oxygen atoms in total. The summed E-state index contributed by atoms with van der Waals surface area (Å²) in [5, 5.41) is 3.76. The lowest BCUT2D eigenvalue weighted by Gasteiger charge is -2.20. The molecule has 0 N–H and O–H groups in total. The number of benzene rings is 1. The minimum absolute atomic E-state index is 0.0176. The number of nitrogens with zero attached hydrogens (tertiary/aromatic N) is 2. The van der Waals surface area contributed by atoms with Gasteiger partial charge in [-0.05, 0) is 44.5 Å². The highest BCUT2D eigenvalue weighted by molar-refractivity contribution is 6.31. The maximum absolute atomic E-state index is 14.5. The van der Waals surface area contributed by atoms with Gasteiger partial charge in [0.05, 0.1) is 18.8 Å². The first-order valence-corrected chi connectivity index (χ1v) is 9.83. The smallest absolute Gasteiger partial charge is 0.458 e. The lowest BCUT2D eigenvalue weighted by Crippen LogP contribution is -2.37. The van der Waals surface area contributed by atoms with E-state index in [1.165, 1.54) is 32.0 Å². The Balaban J connectivity index is 2.74. The number of ketones is 1. The number of carbonyl (C=O) groups is 3. The van der Waals surface area contributed by atoms with Crippen molar-refractivity contribution in [3.63, 3.8) is 0 Å². The van der Waals surface area contributed by atoms with Crippen LogP contribution in [0.15, 0.2) is 18.2 Å². The first kappa shape index (κ1) is 26.2. The molecule has 0 aliphatic rings. The highest BCUT2D eigenvalue weighted by Gasteiger charge is 2.63. The number of aryl methyl sites for hydroxylation is 1. The standard InChI is InChI=1S/C20H18ClF5N2O5/c1-4-32-17(30)15-14(19(22,23)20(24,25)26)16(18(31)33-5-2)28(27-15)9-13(29)11-6-7-12(21)10(3)8-11/h6-8H,4-5,9H2,1-3H3. The van der Waals surface area contributed by atoms with Crippen molar-refractivity contribution in [3.05, 3.63) is 51.3 Å². The van der Waals surface area contributed by atoms with E-state index < -0.39 is 53.3 Å². The van der Waals surface area contributed by atoms with E-state index >= 15 is 0 Å². The van der Waals surface area contributed by atoms with Crippen LogP contribution < -0.4 is 0 Å². The fourth-order valence-electron chi connectivity index (χ4n) is 2.81. The summed E-state index contributed by atoms with van der Waals surface area (Å²) >= 11 is 5.90. The summed E-state index contributed by atoms with van der Waals surface area (Å²) in [5.74, 6) is -9.75. The van der Waals surface area contributed by atoms with E-state index in [4.69, 9.17) is 11.6 Å². The topological polar surface area (TPSA) is 87.5 Å². The normalized spacial score (nSPS) is 11.9. The van der Waals surface area contributed by atoms with E-state index in [9.17, 15) is 36.3 Å². The lowest BCUT2D eigenvalue weighted by molar-refractivity contribution is -0.289. The Kier molecular flexibility index (Phi) is 7.83. The number of alkyl halides is 5. The molecule has 2 rings (SSSR count). The van der Waals surface area contributed by atoms with Crippen molar-refractivity contribution in [2.75, 3.05) is 13.2 Å². The van der Waals surface area contributed by atoms with Gasteiger partial charge in [-0.25, -0.2) is 14.3 Å². The Morgan fingerprint density at radius 1 is 1.03 bits per heavy atom. The number of carbonyl (C=O) groups excluding carboxylic acids is 3. The molecular weight excluding hydrogens is 479 g/mol. The molecule has 0 fully saturated rings. The Hall–Kier alpha value is -3.02. The molecule has 0 saturated carbocycles. The van der Waals surface area contributed by atoms with Crippen LogP contribution in [0.25, 0.3) is 0 Å². The predicted molar refractivity (Wildman–Crippen MR) is 105 cm³/mol. The molecule has 0 amide bonds. The largest absolute Gasteiger partial charge is 0.461 e. The third kappa shape index (κ3) is 5.32. The number of Topliss-reactive ketones (excluding diaryl/α,β-unsaturated/α-hetero) is 1. The first-order chi connectivity index (χ1) is 15.3. The Morgan fingerprint density at radius 3 is 2.12 bits per heavy atom. The second-order valence-electron chi connectivity index (χ2n) is 6.63. The zero-order valence-electron chi connectivity index (χ0n) is 17.6. The molecule has 180 valence electrons. The summed E-state index contributed by atoms with van der Waals surface area (Å²) in [7, 11) is 0. The van der Waals surface area contributed by atoms with Crippen molar-refractivity contribution < 1.29 is 45.8 Å². The van der Waals surface area contributed by atoms with Gasteiger partial charge in [0.1, 0.15) is 6.54 Å². The molecule has 1 aromatic heterocycles. The summed E-state index contributed by atoms with van der Waals surface area (Å²) in [6.45, 7) is 2.44. The van der Waals surface area contributed by atoms with E-state index in [1.54, 1.807) is 6.92 Å². The Morgan fingerprint density at radius 2 is 1.61 bits per heavy atom. The van der Waals surface area contributed by atoms with Crippen molar-refractivity contribution >= 4 is 29.3 Å². The number of esters is 2. The van der Waals surface area contributed by atoms with Gasteiger partial charge in [0.2, 0.25) is 0 Å². The Bertz CT molecular complexity index is 1080. The average Bonchev–Trinajstić information content (AvgIpc) is 3.09. The third-order valence-electron chi connectivity index (χ3n) is 4.33. The highest BCUT2D eigenvalue weighted by atomic mass is 35.5. The summed E-state index contributed by atoms with van der Waals surface area (Å²) in [5.41, 5.74) is -4.38. The van der Waals surface area contributed by atoms with Gasteiger partial charge in [-0.2, -0.15) is 27.1 Å². The van der Waals surface area contributed by atoms with Gasteiger partial charge in [0.15, 0.2) is 17.2 Å². The molecule has 0 unspecified atom stereocenters. The van der Waals surface area contributed by atoms with Gasteiger partial charge in [-0.1, -0.05) is 11.6 Å². The van der Waals surface area contributed by atoms with Crippen LogP contribution in [0.3, 0.4) is 0 Å². The zero-order chi connectivity index (χ0) is 25.1. The van der Waals surface area contributed by atoms with Crippen molar-refractivity contribution in [3.8, 4) is 0 Å². The van der Waals surface area contributed by atoms with Crippen molar-refractivity contribution in [2.24, 2.45) is 0 Å². The van der Waals surface area contributed by atoms with Gasteiger partial charge in [-0.15, -0.1) is 0 Å². The number of rotatable bonds is 8. The molecule has 13 heteroatoms. The maximum Gasteiger partial charge on any atom is 0.458 e. The molecular formula is C20H18ClF5N2O5. The van der Waals surface area contributed by atoms with Crippen LogP contribution in [0.5, 0.6) is 0 Å². The van der Waals surface area contributed by atoms with Gasteiger partial charge in [0.25, 0.3) is 0 Å². The molecule has 0 saturated heterocycles. The van der Waals surface area contributed by atoms with Gasteiger partial charge in [-0.3, -0.25) is 4.79 Å². The number of halogens is 6. The first-order valence-electron chi connectivity index (χ1n) is 9.45. The maximum atomic E-state index is 14.5. The highest BCUT2D eigenvalue weighted by Crippen LogP contribution is 2.46. The molecule has 1 heterocycles. The number of hydrogen-bond acceptors (Lipinski definition) is 6. The van der Waals surface area contributed by atoms with E-state index in [-0.39, 0.29) is 23.5 Å². The van der Waals surface area contributed by atoms with Crippen LogP contribution in [0.4, 0.5) is 22.0 Å². The van der Waals surface area contributed by atoms with E-state index in [0.29, 0.717) is 10.6 Å². The van der Waals surface area contributed by atoms with Crippen molar-refractivity contribution in [1.29, 1.82) is 0 Å². The second kappa shape index (κ2) is 9.86. The van der Waals surface area contributed by atoms with Crippen LogP contribution in [0.1, 0.15) is 56.3 Å². The molecule has 33 heavy (non-hydrogen) atoms. The van der Waals surface area contributed by atoms with Crippen LogP contribution >= 0.6 is 11.6 Å². The SMILES string of the molecule is CCOC(=O)c1nn(CC(=O)c2ccc(Cl)c(C)c2)c(C(=O)OCC)c1C(F)(F)C(F)(F)F. The summed E-state index contributed by atoms with van der Waals surface area (Å²) in [6, 6.07) is 4.03. The third-order valence-corrected chi connectivity index (χ3v) is 4.76. The molecule has 2 aromatic rings. The quantitative estimate of drug-likeness (QED) is 0.298. The summed E-state index contributed by atoms with van der Waals surface area (Å²) in [6.07, 6.45) is -6.19. The average molecular weight is 497 g/mol. The second-order valence-corrected chi connectivity index (χ2v) is 7.04. The van der Waals surface area contributed by atoms with Crippen molar-refractivity contribution in [1.82, 2.24) is 9.78 Å². The fourth-order valence-corrected chi connectivity index (χ4v) is 2.93. The molecule has 0 radical (unpaired) electrons. The summed E-state index contributed by atoms with van der Waals surface area (Å²) < 4.78 is 78.0. The van der Waals surface area contributed by atoms with E-state index in [2.05, 4.69) is 14.6 Å². The molecule has 1 aromatic carbocycles. The molecule has 0 spiro atoms. The van der Waals surface area contributed by atoms with Crippen LogP contribution in [-0.2, 0) is 21.9 Å². The molecule has 0 aliphatic carbocycles. The number of ether oxygens (including phenoxy) is 2. The van der Waals surface area contributed by atoms with E-state index in [0.717, 1.165) is 0 Å². The number of hydrogen-bond donors (Lipinski definition) is 0. The lowest BCUT2D eigenvalue weighted by atomic mass is 10.0. The fraction of sp³-hybridized carbons (Fsp3) is 0.400. The van der Waals surface area contributed by atoms with Gasteiger partial charge >= 0.3 is 24.0 Å². The zero-order valence-corrected chi connectivity index (χ0v) is 18.3. The predicted octanol–water partition coefficient (Wildman–Crippen LogP) is 4.74. The number of aromatic nitrogens is 2. The monoisotopic (exact) mass is 496 g/mol. The van der Waals surface area contributed by atoms with Gasteiger partial charge in [0, 0.05) is 10.6 Å². The van der Waals surface area contributed by atoms with Crippen molar-refractivity contribution in [2.45, 2.75) is 39.4 Å². The Labute approximate surface area is 189 Å². The van der Waals surface area contributed by atoms with E-state index in [1.807, 2.05) is 0 Å². The molecule has 0 atom stereocenters. The van der Waals surface area contributed by atoms with Crippen LogP contribution in [0.2, 0.25) is 5.02 Å². The minimum atomic E-state index is -6.19. The molecule has 0 bridgehead atoms. The van der Waals surface area contributed by atoms with Crippen LogP contribution in [0, 0.1) is 6.92 Å². The van der Waals surface area contributed by atoms with Gasteiger partial charge < -0.3 is 9.47 Å². The minimum Gasteiger partial charge on any atom is -0.461 e. The molecule has 0 aliphatic heterocycles.